The zero-order chi connectivity index (χ0) is 12.3. The van der Waals surface area contributed by atoms with Crippen molar-refractivity contribution in [2.24, 2.45) is 5.73 Å². The van der Waals surface area contributed by atoms with E-state index in [9.17, 15) is 5.11 Å². The molecule has 17 heavy (non-hydrogen) atoms. The van der Waals surface area contributed by atoms with Crippen molar-refractivity contribution < 1.29 is 5.11 Å². The molecule has 2 rings (SSSR count). The van der Waals surface area contributed by atoms with Gasteiger partial charge in [0, 0.05) is 18.6 Å². The highest BCUT2D eigenvalue weighted by molar-refractivity contribution is 5.27. The first-order chi connectivity index (χ1) is 8.16. The third-order valence-corrected chi connectivity index (χ3v) is 3.69. The molecule has 0 unspecified atom stereocenters. The van der Waals surface area contributed by atoms with Crippen LogP contribution in [0.25, 0.3) is 0 Å². The Morgan fingerprint density at radius 3 is 2.82 bits per heavy atom. The van der Waals surface area contributed by atoms with E-state index >= 15 is 0 Å². The molecule has 0 heterocycles. The minimum Gasteiger partial charge on any atom is -0.508 e. The van der Waals surface area contributed by atoms with Crippen LogP contribution in [0, 0.1) is 0 Å². The molecule has 1 aromatic carbocycles. The molecule has 0 spiro atoms. The molecule has 0 amide bonds. The van der Waals surface area contributed by atoms with Gasteiger partial charge in [0.2, 0.25) is 0 Å². The third kappa shape index (κ3) is 3.20. The Kier molecular flexibility index (Phi) is 4.02. The average Bonchev–Trinajstić information content (AvgIpc) is 2.29. The van der Waals surface area contributed by atoms with E-state index in [1.165, 1.54) is 19.3 Å². The second-order valence-electron chi connectivity index (χ2n) is 5.10. The number of phenols is 1. The molecule has 2 atom stereocenters. The van der Waals surface area contributed by atoms with Crippen LogP contribution in [0.3, 0.4) is 0 Å². The number of nitrogens with zero attached hydrogens (tertiary/aromatic N) is 1. The molecule has 1 aliphatic rings. The predicted octanol–water partition coefficient (Wildman–Crippen LogP) is 2.09. The SMILES string of the molecule is CN(Cc1cccc(O)c1)[C@@H]1CCCC[C@H]1N. The molecule has 3 nitrogen and oxygen atoms in total. The molecule has 3 N–H and O–H groups in total. The summed E-state index contributed by atoms with van der Waals surface area (Å²) in [6, 6.07) is 8.24. The number of phenolic OH excluding ortho intramolecular Hbond substituents is 1. The van der Waals surface area contributed by atoms with Crippen molar-refractivity contribution in [2.45, 2.75) is 44.3 Å². The summed E-state index contributed by atoms with van der Waals surface area (Å²) in [5.74, 6) is 0.337. The lowest BCUT2D eigenvalue weighted by atomic mass is 9.90. The van der Waals surface area contributed by atoms with Crippen molar-refractivity contribution in [1.29, 1.82) is 0 Å². The normalized spacial score (nSPS) is 25.1. The summed E-state index contributed by atoms with van der Waals surface area (Å²) in [6.45, 7) is 0.854. The van der Waals surface area contributed by atoms with E-state index in [1.54, 1.807) is 6.07 Å². The van der Waals surface area contributed by atoms with E-state index in [-0.39, 0.29) is 0 Å². The Hall–Kier alpha value is -1.06. The highest BCUT2D eigenvalue weighted by atomic mass is 16.3. The van der Waals surface area contributed by atoms with E-state index in [2.05, 4.69) is 11.9 Å². The van der Waals surface area contributed by atoms with Crippen molar-refractivity contribution in [3.8, 4) is 5.75 Å². The Morgan fingerprint density at radius 2 is 2.12 bits per heavy atom. The van der Waals surface area contributed by atoms with Crippen molar-refractivity contribution >= 4 is 0 Å². The van der Waals surface area contributed by atoms with Gasteiger partial charge in [0.1, 0.15) is 5.75 Å². The first-order valence-corrected chi connectivity index (χ1v) is 6.40. The predicted molar refractivity (Wildman–Crippen MR) is 69.8 cm³/mol. The average molecular weight is 234 g/mol. The number of aromatic hydroxyl groups is 1. The van der Waals surface area contributed by atoms with Gasteiger partial charge in [0.05, 0.1) is 0 Å². The first kappa shape index (κ1) is 12.4. The molecule has 0 aliphatic heterocycles. The van der Waals surface area contributed by atoms with Crippen molar-refractivity contribution in [3.05, 3.63) is 29.8 Å². The molecule has 0 aromatic heterocycles. The van der Waals surface area contributed by atoms with E-state index in [0.29, 0.717) is 17.8 Å². The second-order valence-corrected chi connectivity index (χ2v) is 5.10. The van der Waals surface area contributed by atoms with Gasteiger partial charge < -0.3 is 10.8 Å². The molecule has 0 radical (unpaired) electrons. The van der Waals surface area contributed by atoms with Crippen LogP contribution in [0.5, 0.6) is 5.75 Å². The largest absolute Gasteiger partial charge is 0.508 e. The molecule has 1 saturated carbocycles. The van der Waals surface area contributed by atoms with Crippen LogP contribution in [0.2, 0.25) is 0 Å². The molecular formula is C14H22N2O. The lowest BCUT2D eigenvalue weighted by Crippen LogP contribution is -2.47. The summed E-state index contributed by atoms with van der Waals surface area (Å²) in [4.78, 5) is 2.32. The Balaban J connectivity index is 1.98. The topological polar surface area (TPSA) is 49.5 Å². The highest BCUT2D eigenvalue weighted by Crippen LogP contribution is 2.23. The molecule has 94 valence electrons. The Morgan fingerprint density at radius 1 is 1.35 bits per heavy atom. The van der Waals surface area contributed by atoms with Crippen LogP contribution in [0.1, 0.15) is 31.2 Å². The molecule has 1 fully saturated rings. The van der Waals surface area contributed by atoms with Gasteiger partial charge in [-0.25, -0.2) is 0 Å². The molecule has 0 saturated heterocycles. The number of likely N-dealkylation sites (N-methyl/N-ethyl adjacent to an activating group) is 1. The summed E-state index contributed by atoms with van der Waals surface area (Å²) < 4.78 is 0. The van der Waals surface area contributed by atoms with Gasteiger partial charge in [-0.3, -0.25) is 4.90 Å². The molecular weight excluding hydrogens is 212 g/mol. The summed E-state index contributed by atoms with van der Waals surface area (Å²) in [7, 11) is 2.12. The maximum absolute atomic E-state index is 9.45. The summed E-state index contributed by atoms with van der Waals surface area (Å²) in [5, 5.41) is 9.45. The van der Waals surface area contributed by atoms with E-state index in [4.69, 9.17) is 5.73 Å². The van der Waals surface area contributed by atoms with Crippen LogP contribution in [0.4, 0.5) is 0 Å². The Bertz CT molecular complexity index is 367. The highest BCUT2D eigenvalue weighted by Gasteiger charge is 2.25. The smallest absolute Gasteiger partial charge is 0.115 e. The number of hydrogen-bond acceptors (Lipinski definition) is 3. The van der Waals surface area contributed by atoms with Gasteiger partial charge in [-0.1, -0.05) is 25.0 Å². The lowest BCUT2D eigenvalue weighted by molar-refractivity contribution is 0.162. The zero-order valence-corrected chi connectivity index (χ0v) is 10.5. The maximum atomic E-state index is 9.45. The monoisotopic (exact) mass is 234 g/mol. The fourth-order valence-electron chi connectivity index (χ4n) is 2.75. The van der Waals surface area contributed by atoms with Crippen LogP contribution >= 0.6 is 0 Å². The van der Waals surface area contributed by atoms with Crippen molar-refractivity contribution in [1.82, 2.24) is 4.90 Å². The lowest BCUT2D eigenvalue weighted by Gasteiger charge is -2.36. The number of benzene rings is 1. The van der Waals surface area contributed by atoms with Crippen LogP contribution in [0.15, 0.2) is 24.3 Å². The first-order valence-electron chi connectivity index (χ1n) is 6.40. The summed E-state index contributed by atoms with van der Waals surface area (Å²) >= 11 is 0. The van der Waals surface area contributed by atoms with E-state index in [0.717, 1.165) is 18.5 Å². The van der Waals surface area contributed by atoms with Gasteiger partial charge in [-0.15, -0.1) is 0 Å². The van der Waals surface area contributed by atoms with E-state index in [1.807, 2.05) is 18.2 Å². The van der Waals surface area contributed by atoms with Gasteiger partial charge in [-0.2, -0.15) is 0 Å². The van der Waals surface area contributed by atoms with Crippen molar-refractivity contribution in [2.75, 3.05) is 7.05 Å². The molecule has 0 bridgehead atoms. The molecule has 1 aromatic rings. The standard InChI is InChI=1S/C14H22N2O/c1-16(14-8-3-2-7-13(14)15)10-11-5-4-6-12(17)9-11/h4-6,9,13-14,17H,2-3,7-8,10,15H2,1H3/t13-,14-/m1/s1. The van der Waals surface area contributed by atoms with E-state index < -0.39 is 0 Å². The fourth-order valence-corrected chi connectivity index (χ4v) is 2.75. The minimum atomic E-state index is 0.297. The summed E-state index contributed by atoms with van der Waals surface area (Å²) in [6.07, 6.45) is 4.87. The van der Waals surface area contributed by atoms with Gasteiger partial charge in [-0.05, 0) is 37.6 Å². The fraction of sp³-hybridized carbons (Fsp3) is 0.571. The third-order valence-electron chi connectivity index (χ3n) is 3.69. The second kappa shape index (κ2) is 5.52. The maximum Gasteiger partial charge on any atom is 0.115 e. The number of nitrogens with two attached hydrogens (primary N) is 1. The van der Waals surface area contributed by atoms with Crippen molar-refractivity contribution in [3.63, 3.8) is 0 Å². The van der Waals surface area contributed by atoms with Gasteiger partial charge >= 0.3 is 0 Å². The quantitative estimate of drug-likeness (QED) is 0.842. The minimum absolute atomic E-state index is 0.297. The van der Waals surface area contributed by atoms with Crippen LogP contribution in [-0.2, 0) is 6.54 Å². The number of rotatable bonds is 3. The van der Waals surface area contributed by atoms with Gasteiger partial charge in [0.15, 0.2) is 0 Å². The molecule has 3 heteroatoms. The zero-order valence-electron chi connectivity index (χ0n) is 10.5. The van der Waals surface area contributed by atoms with Gasteiger partial charge in [0.25, 0.3) is 0 Å². The Labute approximate surface area is 103 Å². The molecule has 1 aliphatic carbocycles. The summed E-state index contributed by atoms with van der Waals surface area (Å²) in [5.41, 5.74) is 7.32. The van der Waals surface area contributed by atoms with Crippen LogP contribution < -0.4 is 5.73 Å². The van der Waals surface area contributed by atoms with Crippen LogP contribution in [-0.4, -0.2) is 29.1 Å². The number of hydrogen-bond donors (Lipinski definition) is 2.